The van der Waals surface area contributed by atoms with Crippen LogP contribution in [0.25, 0.3) is 0 Å². The average Bonchev–Trinajstić information content (AvgIpc) is 2.27. The second-order valence-electron chi connectivity index (χ2n) is 6.92. The molecule has 4 unspecified atom stereocenters. The zero-order valence-corrected chi connectivity index (χ0v) is 14.9. The number of alkyl halides is 2. The van der Waals surface area contributed by atoms with Gasteiger partial charge in [-0.05, 0) is 50.4 Å². The minimum absolute atomic E-state index is 0.180. The molecule has 0 aromatic rings. The zero-order valence-electron chi connectivity index (χ0n) is 11.8. The normalized spacial score (nSPS) is 48.1. The maximum absolute atomic E-state index is 10.4. The van der Waals surface area contributed by atoms with Crippen molar-refractivity contribution in [3.05, 3.63) is 11.6 Å². The van der Waals surface area contributed by atoms with E-state index in [0.717, 1.165) is 25.7 Å². The Bertz CT molecular complexity index is 373. The van der Waals surface area contributed by atoms with Crippen molar-refractivity contribution in [3.8, 4) is 0 Å². The van der Waals surface area contributed by atoms with Crippen LogP contribution in [0.1, 0.15) is 53.4 Å². The van der Waals surface area contributed by atoms with E-state index in [2.05, 4.69) is 58.7 Å². The van der Waals surface area contributed by atoms with Crippen LogP contribution < -0.4 is 0 Å². The largest absolute Gasteiger partial charge is 0.389 e. The van der Waals surface area contributed by atoms with Crippen molar-refractivity contribution < 1.29 is 5.11 Å². The summed E-state index contributed by atoms with van der Waals surface area (Å²) in [5.74, 6) is 0. The van der Waals surface area contributed by atoms with Gasteiger partial charge in [-0.3, -0.25) is 0 Å². The SMILES string of the molecule is CC1=CCC(Br)C(C)(C)C12CCC(C)(O)C(Br)C2. The molecule has 0 aliphatic heterocycles. The van der Waals surface area contributed by atoms with Crippen LogP contribution in [-0.4, -0.2) is 20.4 Å². The van der Waals surface area contributed by atoms with Crippen LogP contribution in [0.15, 0.2) is 11.6 Å². The second kappa shape index (κ2) is 4.60. The lowest BCUT2D eigenvalue weighted by molar-refractivity contribution is -0.0418. The summed E-state index contributed by atoms with van der Waals surface area (Å²) in [6, 6.07) is 0. The number of allylic oxidation sites excluding steroid dienone is 2. The lowest BCUT2D eigenvalue weighted by atomic mass is 9.50. The van der Waals surface area contributed by atoms with Gasteiger partial charge in [0.15, 0.2) is 0 Å². The Hall–Kier alpha value is 0.660. The summed E-state index contributed by atoms with van der Waals surface area (Å²) in [6.07, 6.45) is 6.49. The first-order chi connectivity index (χ1) is 8.13. The lowest BCUT2D eigenvalue weighted by Gasteiger charge is -2.58. The molecular formula is C15H24Br2O. The highest BCUT2D eigenvalue weighted by Gasteiger charge is 2.56. The molecule has 1 nitrogen and oxygen atoms in total. The van der Waals surface area contributed by atoms with Crippen LogP contribution in [-0.2, 0) is 0 Å². The standard InChI is InChI=1S/C15H24Br2O/c1-10-5-6-11(16)13(2,3)15(10)8-7-14(4,18)12(17)9-15/h5,11-12,18H,6-9H2,1-4H3. The molecule has 18 heavy (non-hydrogen) atoms. The molecule has 4 atom stereocenters. The van der Waals surface area contributed by atoms with Crippen molar-refractivity contribution in [3.63, 3.8) is 0 Å². The summed E-state index contributed by atoms with van der Waals surface area (Å²) in [5.41, 5.74) is 1.40. The molecule has 1 spiro atoms. The van der Waals surface area contributed by atoms with Crippen molar-refractivity contribution in [1.29, 1.82) is 0 Å². The average molecular weight is 380 g/mol. The van der Waals surface area contributed by atoms with E-state index in [4.69, 9.17) is 0 Å². The zero-order chi connectivity index (χ0) is 13.8. The molecule has 0 saturated heterocycles. The van der Waals surface area contributed by atoms with Crippen molar-refractivity contribution >= 4 is 31.9 Å². The topological polar surface area (TPSA) is 20.2 Å². The molecule has 2 aliphatic rings. The summed E-state index contributed by atoms with van der Waals surface area (Å²) in [6.45, 7) is 8.99. The molecule has 0 amide bonds. The number of aliphatic hydroxyl groups is 1. The fourth-order valence-corrected chi connectivity index (χ4v) is 5.18. The summed E-state index contributed by atoms with van der Waals surface area (Å²) in [4.78, 5) is 0.704. The Morgan fingerprint density at radius 2 is 1.78 bits per heavy atom. The molecule has 2 aliphatic carbocycles. The molecule has 0 heterocycles. The Morgan fingerprint density at radius 1 is 1.17 bits per heavy atom. The third-order valence-electron chi connectivity index (χ3n) is 5.66. The predicted molar refractivity (Wildman–Crippen MR) is 84.5 cm³/mol. The number of hydrogen-bond acceptors (Lipinski definition) is 1. The van der Waals surface area contributed by atoms with E-state index in [1.807, 2.05) is 6.92 Å². The van der Waals surface area contributed by atoms with Crippen LogP contribution in [0.3, 0.4) is 0 Å². The Morgan fingerprint density at radius 3 is 2.33 bits per heavy atom. The molecule has 3 heteroatoms. The van der Waals surface area contributed by atoms with E-state index < -0.39 is 5.60 Å². The highest BCUT2D eigenvalue weighted by molar-refractivity contribution is 9.09. The molecule has 1 N–H and O–H groups in total. The molecule has 1 fully saturated rings. The summed E-state index contributed by atoms with van der Waals surface area (Å²) >= 11 is 7.60. The third kappa shape index (κ3) is 2.05. The maximum Gasteiger partial charge on any atom is 0.0744 e. The van der Waals surface area contributed by atoms with Crippen LogP contribution in [0.2, 0.25) is 0 Å². The molecular weight excluding hydrogens is 356 g/mol. The van der Waals surface area contributed by atoms with Gasteiger partial charge in [0.05, 0.1) is 5.60 Å². The Balaban J connectivity index is 2.41. The molecule has 2 rings (SSSR count). The number of hydrogen-bond donors (Lipinski definition) is 1. The van der Waals surface area contributed by atoms with E-state index >= 15 is 0 Å². The number of halogens is 2. The fourth-order valence-electron chi connectivity index (χ4n) is 3.77. The van der Waals surface area contributed by atoms with Crippen molar-refractivity contribution in [1.82, 2.24) is 0 Å². The van der Waals surface area contributed by atoms with Gasteiger partial charge in [0.25, 0.3) is 0 Å². The molecule has 1 saturated carbocycles. The molecule has 0 radical (unpaired) electrons. The molecule has 104 valence electrons. The van der Waals surface area contributed by atoms with Gasteiger partial charge in [-0.25, -0.2) is 0 Å². The van der Waals surface area contributed by atoms with Gasteiger partial charge in [0.1, 0.15) is 0 Å². The van der Waals surface area contributed by atoms with Gasteiger partial charge in [-0.15, -0.1) is 0 Å². The smallest absolute Gasteiger partial charge is 0.0744 e. The molecule has 0 aromatic heterocycles. The first-order valence-electron chi connectivity index (χ1n) is 6.81. The fraction of sp³-hybridized carbons (Fsp3) is 0.867. The minimum Gasteiger partial charge on any atom is -0.389 e. The van der Waals surface area contributed by atoms with Crippen LogP contribution in [0, 0.1) is 10.8 Å². The highest BCUT2D eigenvalue weighted by Crippen LogP contribution is 2.62. The summed E-state index contributed by atoms with van der Waals surface area (Å²) in [5, 5.41) is 10.4. The van der Waals surface area contributed by atoms with Crippen LogP contribution >= 0.6 is 31.9 Å². The van der Waals surface area contributed by atoms with Crippen molar-refractivity contribution in [2.24, 2.45) is 10.8 Å². The van der Waals surface area contributed by atoms with Gasteiger partial charge in [-0.1, -0.05) is 57.4 Å². The third-order valence-corrected chi connectivity index (χ3v) is 8.49. The van der Waals surface area contributed by atoms with E-state index in [1.54, 1.807) is 0 Å². The molecule has 0 aromatic carbocycles. The highest BCUT2D eigenvalue weighted by atomic mass is 79.9. The summed E-state index contributed by atoms with van der Waals surface area (Å²) < 4.78 is 0. The van der Waals surface area contributed by atoms with Gasteiger partial charge >= 0.3 is 0 Å². The second-order valence-corrected chi connectivity index (χ2v) is 9.13. The van der Waals surface area contributed by atoms with E-state index in [9.17, 15) is 5.11 Å². The maximum atomic E-state index is 10.4. The van der Waals surface area contributed by atoms with Crippen molar-refractivity contribution in [2.45, 2.75) is 68.6 Å². The first-order valence-corrected chi connectivity index (χ1v) is 8.64. The van der Waals surface area contributed by atoms with Gasteiger partial charge < -0.3 is 5.11 Å². The quantitative estimate of drug-likeness (QED) is 0.472. The Kier molecular flexibility index (Phi) is 3.84. The van der Waals surface area contributed by atoms with E-state index in [0.29, 0.717) is 4.83 Å². The van der Waals surface area contributed by atoms with E-state index in [-0.39, 0.29) is 15.7 Å². The van der Waals surface area contributed by atoms with Crippen LogP contribution in [0.4, 0.5) is 0 Å². The van der Waals surface area contributed by atoms with Gasteiger partial charge in [0, 0.05) is 9.65 Å². The monoisotopic (exact) mass is 378 g/mol. The van der Waals surface area contributed by atoms with Crippen molar-refractivity contribution in [2.75, 3.05) is 0 Å². The number of rotatable bonds is 0. The lowest BCUT2D eigenvalue weighted by Crippen LogP contribution is -2.55. The van der Waals surface area contributed by atoms with E-state index in [1.165, 1.54) is 5.57 Å². The predicted octanol–water partition coefficient (Wildman–Crippen LogP) is 4.81. The van der Waals surface area contributed by atoms with Crippen LogP contribution in [0.5, 0.6) is 0 Å². The molecule has 0 bridgehead atoms. The first kappa shape index (κ1) is 15.1. The minimum atomic E-state index is -0.569. The summed E-state index contributed by atoms with van der Waals surface area (Å²) in [7, 11) is 0. The Labute approximate surface area is 128 Å². The van der Waals surface area contributed by atoms with Gasteiger partial charge in [0.2, 0.25) is 0 Å². The van der Waals surface area contributed by atoms with Gasteiger partial charge in [-0.2, -0.15) is 0 Å².